The Morgan fingerprint density at radius 3 is 1.84 bits per heavy atom. The molecule has 0 bridgehead atoms. The summed E-state index contributed by atoms with van der Waals surface area (Å²) in [5.74, 6) is -2.52. The van der Waals surface area contributed by atoms with Crippen LogP contribution in [-0.2, 0) is 37.5 Å². The first-order valence-electron chi connectivity index (χ1n) is 20.1. The van der Waals surface area contributed by atoms with Crippen molar-refractivity contribution in [2.24, 2.45) is 5.73 Å². The van der Waals surface area contributed by atoms with E-state index in [1.54, 1.807) is 6.08 Å². The molecule has 0 rings (SSSR count). The molecule has 314 valence electrons. The Hall–Kier alpha value is -3.12. The lowest BCUT2D eigenvalue weighted by atomic mass is 10.1. The lowest BCUT2D eigenvalue weighted by Crippen LogP contribution is -2.34. The van der Waals surface area contributed by atoms with E-state index in [2.05, 4.69) is 36.6 Å². The topological polar surface area (TPSA) is 192 Å². The van der Waals surface area contributed by atoms with Crippen LogP contribution in [0.2, 0.25) is 0 Å². The van der Waals surface area contributed by atoms with Gasteiger partial charge in [-0.3, -0.25) is 23.4 Å². The minimum absolute atomic E-state index is 0.0788. The van der Waals surface area contributed by atoms with E-state index in [9.17, 15) is 28.9 Å². The Kier molecular flexibility index (Phi) is 34.4. The zero-order valence-corrected chi connectivity index (χ0v) is 34.2. The van der Waals surface area contributed by atoms with Crippen LogP contribution in [0.4, 0.5) is 0 Å². The molecule has 12 nitrogen and oxygen atoms in total. The smallest absolute Gasteiger partial charge is 0.472 e. The predicted molar refractivity (Wildman–Crippen MR) is 218 cm³/mol. The van der Waals surface area contributed by atoms with Crippen molar-refractivity contribution in [3.63, 3.8) is 0 Å². The molecule has 0 saturated carbocycles. The maximum atomic E-state index is 12.5. The van der Waals surface area contributed by atoms with Crippen LogP contribution in [0.5, 0.6) is 0 Å². The second-order valence-electron chi connectivity index (χ2n) is 13.2. The number of unbranched alkanes of at least 4 members (excludes halogenated alkanes) is 10. The van der Waals surface area contributed by atoms with Crippen LogP contribution in [0.15, 0.2) is 72.9 Å². The first kappa shape index (κ1) is 51.9. The lowest BCUT2D eigenvalue weighted by molar-refractivity contribution is -0.161. The summed E-state index contributed by atoms with van der Waals surface area (Å²) in [6.07, 6.45) is 38.9. The summed E-state index contributed by atoms with van der Waals surface area (Å²) >= 11 is 0. The van der Waals surface area contributed by atoms with Crippen LogP contribution in [-0.4, -0.2) is 71.1 Å². The van der Waals surface area contributed by atoms with Crippen molar-refractivity contribution < 1.29 is 52.6 Å². The van der Waals surface area contributed by atoms with Gasteiger partial charge in [-0.05, 0) is 44.9 Å². The normalized spacial score (nSPS) is 15.1. The van der Waals surface area contributed by atoms with Crippen LogP contribution < -0.4 is 5.73 Å². The van der Waals surface area contributed by atoms with Gasteiger partial charge in [-0.2, -0.15) is 0 Å². The van der Waals surface area contributed by atoms with Crippen molar-refractivity contribution in [3.05, 3.63) is 72.9 Å². The highest BCUT2D eigenvalue weighted by molar-refractivity contribution is 7.47. The van der Waals surface area contributed by atoms with Gasteiger partial charge >= 0.3 is 25.7 Å². The van der Waals surface area contributed by atoms with Gasteiger partial charge in [-0.25, -0.2) is 4.57 Å². The number of nitrogens with two attached hydrogens (primary N) is 1. The first-order chi connectivity index (χ1) is 26.5. The van der Waals surface area contributed by atoms with Gasteiger partial charge in [0.15, 0.2) is 6.10 Å². The number of carbonyl (C=O) groups is 3. The van der Waals surface area contributed by atoms with Gasteiger partial charge in [0.2, 0.25) is 0 Å². The summed E-state index contributed by atoms with van der Waals surface area (Å²) in [7, 11) is -4.74. The molecule has 0 fully saturated rings. The Balaban J connectivity index is 4.55. The second kappa shape index (κ2) is 36.5. The summed E-state index contributed by atoms with van der Waals surface area (Å²) < 4.78 is 32.5. The van der Waals surface area contributed by atoms with Crippen molar-refractivity contribution in [1.29, 1.82) is 0 Å². The molecule has 0 heterocycles. The van der Waals surface area contributed by atoms with Gasteiger partial charge in [-0.1, -0.05) is 151 Å². The zero-order chi connectivity index (χ0) is 40.8. The van der Waals surface area contributed by atoms with Crippen molar-refractivity contribution in [2.45, 2.75) is 154 Å². The number of phosphoric ester groups is 1. The molecule has 0 aromatic carbocycles. The summed E-state index contributed by atoms with van der Waals surface area (Å²) in [5.41, 5.74) is 5.31. The molecular weight excluding hydrogens is 725 g/mol. The van der Waals surface area contributed by atoms with Crippen LogP contribution in [0, 0.1) is 0 Å². The summed E-state index contributed by atoms with van der Waals surface area (Å²) in [6.45, 7) is 2.47. The molecule has 0 saturated heterocycles. The van der Waals surface area contributed by atoms with Gasteiger partial charge < -0.3 is 30.3 Å². The molecule has 13 heteroatoms. The van der Waals surface area contributed by atoms with Crippen molar-refractivity contribution >= 4 is 25.7 Å². The number of phosphoric acid groups is 1. The molecule has 5 N–H and O–H groups in total. The van der Waals surface area contributed by atoms with E-state index < -0.39 is 63.8 Å². The number of carboxylic acids is 1. The molecule has 0 aliphatic rings. The van der Waals surface area contributed by atoms with E-state index in [-0.39, 0.29) is 12.8 Å². The first-order valence-corrected chi connectivity index (χ1v) is 21.6. The van der Waals surface area contributed by atoms with Crippen molar-refractivity contribution in [1.82, 2.24) is 0 Å². The number of esters is 2. The number of ether oxygens (including phenoxy) is 2. The predicted octanol–water partition coefficient (Wildman–Crippen LogP) is 9.14. The van der Waals surface area contributed by atoms with E-state index in [1.807, 2.05) is 48.6 Å². The maximum Gasteiger partial charge on any atom is 0.472 e. The molecular formula is C42H70NO11P. The van der Waals surface area contributed by atoms with E-state index in [0.29, 0.717) is 25.7 Å². The monoisotopic (exact) mass is 795 g/mol. The highest BCUT2D eigenvalue weighted by atomic mass is 31.2. The van der Waals surface area contributed by atoms with Gasteiger partial charge in [0.25, 0.3) is 0 Å². The molecule has 4 atom stereocenters. The van der Waals surface area contributed by atoms with Crippen molar-refractivity contribution in [2.75, 3.05) is 19.8 Å². The number of allylic oxidation sites excluding steroid dienone is 10. The third-order valence-corrected chi connectivity index (χ3v) is 9.01. The van der Waals surface area contributed by atoms with E-state index in [4.69, 9.17) is 24.8 Å². The molecule has 0 spiro atoms. The summed E-state index contributed by atoms with van der Waals surface area (Å²) in [6, 6.07) is -1.54. The average Bonchev–Trinajstić information content (AvgIpc) is 3.15. The average molecular weight is 796 g/mol. The number of aliphatic hydroxyl groups excluding tert-OH is 1. The quantitative estimate of drug-likeness (QED) is 0.0155. The molecule has 0 aliphatic heterocycles. The number of hydrogen-bond acceptors (Lipinski definition) is 10. The Labute approximate surface area is 330 Å². The van der Waals surface area contributed by atoms with Gasteiger partial charge in [-0.15, -0.1) is 0 Å². The van der Waals surface area contributed by atoms with Crippen LogP contribution in [0.3, 0.4) is 0 Å². The van der Waals surface area contributed by atoms with Gasteiger partial charge in [0.05, 0.1) is 19.3 Å². The lowest BCUT2D eigenvalue weighted by Gasteiger charge is -2.20. The largest absolute Gasteiger partial charge is 0.480 e. The van der Waals surface area contributed by atoms with Crippen LogP contribution >= 0.6 is 7.82 Å². The minimum Gasteiger partial charge on any atom is -0.480 e. The van der Waals surface area contributed by atoms with Gasteiger partial charge in [0.1, 0.15) is 12.6 Å². The van der Waals surface area contributed by atoms with Crippen LogP contribution in [0.25, 0.3) is 0 Å². The minimum atomic E-state index is -4.74. The van der Waals surface area contributed by atoms with Crippen LogP contribution in [0.1, 0.15) is 136 Å². The number of rotatable bonds is 36. The third kappa shape index (κ3) is 36.3. The number of aliphatic carboxylic acids is 1. The SMILES string of the molecule is CC/C=C\CC(O)/C=C/C=C/C/C=C\C/C=C\C/C=C\CCC(=O)OC[C@H](COP(=O)(O)OC[C@H](N)C(=O)O)OC(=O)CCCCCCCCCCCCC. The second-order valence-corrected chi connectivity index (χ2v) is 14.7. The molecule has 0 aromatic heterocycles. The summed E-state index contributed by atoms with van der Waals surface area (Å²) in [5, 5.41) is 18.7. The molecule has 0 radical (unpaired) electrons. The fourth-order valence-corrected chi connectivity index (χ4v) is 5.66. The number of carbonyl (C=O) groups excluding carboxylic acids is 2. The standard InChI is InChI=1S/C42H70NO11P/c1-3-5-7-8-9-10-14-19-22-25-29-33-41(46)54-38(35-52-55(49,50)53-36-39(43)42(47)48)34-51-40(45)32-28-24-21-18-16-13-11-12-15-17-20-23-27-31-37(44)30-26-6-4-2/h6,12-13,15-16,20-21,23-24,26-27,31,37-39,44H,3-5,7-11,14,17-19,22,25,28-30,32-36,43H2,1-2H3,(H,47,48)(H,49,50)/b15-12-,16-13-,23-20+,24-21-,26-6-,31-27+/t37?,38-,39+/m1/s1. The Morgan fingerprint density at radius 2 is 1.24 bits per heavy atom. The number of hydrogen-bond donors (Lipinski definition) is 4. The molecule has 0 amide bonds. The number of carboxylic acid groups (broad SMARTS) is 1. The van der Waals surface area contributed by atoms with E-state index in [1.165, 1.54) is 44.9 Å². The molecule has 2 unspecified atom stereocenters. The Bertz CT molecular complexity index is 1230. The summed E-state index contributed by atoms with van der Waals surface area (Å²) in [4.78, 5) is 45.7. The highest BCUT2D eigenvalue weighted by Gasteiger charge is 2.28. The fraction of sp³-hybridized carbons (Fsp3) is 0.643. The molecule has 0 aromatic rings. The van der Waals surface area contributed by atoms with E-state index >= 15 is 0 Å². The third-order valence-electron chi connectivity index (χ3n) is 8.06. The maximum absolute atomic E-state index is 12.5. The molecule has 0 aliphatic carbocycles. The van der Waals surface area contributed by atoms with Gasteiger partial charge in [0, 0.05) is 12.8 Å². The van der Waals surface area contributed by atoms with Crippen molar-refractivity contribution in [3.8, 4) is 0 Å². The zero-order valence-electron chi connectivity index (χ0n) is 33.3. The fourth-order valence-electron chi connectivity index (χ4n) is 4.88. The van der Waals surface area contributed by atoms with E-state index in [0.717, 1.165) is 38.5 Å². The Morgan fingerprint density at radius 1 is 0.673 bits per heavy atom. The number of aliphatic hydroxyl groups is 1. The highest BCUT2D eigenvalue weighted by Crippen LogP contribution is 2.43. The molecule has 55 heavy (non-hydrogen) atoms.